The Bertz CT molecular complexity index is 412. The van der Waals surface area contributed by atoms with E-state index in [1.54, 1.807) is 0 Å². The molecule has 0 saturated heterocycles. The normalized spacial score (nSPS) is 21.4. The van der Waals surface area contributed by atoms with Gasteiger partial charge in [-0.25, -0.2) is 0 Å². The highest BCUT2D eigenvalue weighted by molar-refractivity contribution is 6.08. The first kappa shape index (κ1) is 10.9. The maximum Gasteiger partial charge on any atom is 0.188 e. The van der Waals surface area contributed by atoms with E-state index in [1.807, 2.05) is 30.3 Å². The molecule has 2 rings (SSSR count). The van der Waals surface area contributed by atoms with E-state index in [-0.39, 0.29) is 5.78 Å². The highest BCUT2D eigenvalue weighted by atomic mass is 16.1. The molecule has 0 spiro atoms. The zero-order valence-electron chi connectivity index (χ0n) is 9.36. The maximum absolute atomic E-state index is 12.2. The Morgan fingerprint density at radius 2 is 1.69 bits per heavy atom. The van der Waals surface area contributed by atoms with E-state index in [1.165, 1.54) is 0 Å². The fraction of sp³-hybridized carbons (Fsp3) is 0.267. The molecule has 0 fully saturated rings. The van der Waals surface area contributed by atoms with E-state index in [4.69, 9.17) is 0 Å². The number of rotatable bonds is 2. The molecule has 16 heavy (non-hydrogen) atoms. The first-order valence-electron chi connectivity index (χ1n) is 5.82. The average Bonchev–Trinajstić information content (AvgIpc) is 2.29. The summed E-state index contributed by atoms with van der Waals surface area (Å²) in [6.45, 7) is 0. The number of carbonyl (C=O) groups excluding carboxylic acids is 1. The third-order valence-corrected chi connectivity index (χ3v) is 2.80. The molecule has 1 aromatic rings. The zero-order chi connectivity index (χ0) is 11.2. The Labute approximate surface area is 96.5 Å². The molecule has 1 aliphatic rings. The minimum atomic E-state index is 0.191. The van der Waals surface area contributed by atoms with Crippen LogP contribution in [0.4, 0.5) is 0 Å². The fourth-order valence-corrected chi connectivity index (χ4v) is 1.91. The van der Waals surface area contributed by atoms with Crippen LogP contribution in [-0.4, -0.2) is 5.78 Å². The second-order valence-corrected chi connectivity index (χ2v) is 4.01. The number of Topliss-reactive ketones (excluding diaryl/α,β-unsaturated/α-hetero) is 1. The van der Waals surface area contributed by atoms with Crippen LogP contribution in [0.2, 0.25) is 0 Å². The van der Waals surface area contributed by atoms with E-state index in [0.717, 1.165) is 36.8 Å². The summed E-state index contributed by atoms with van der Waals surface area (Å²) in [5, 5.41) is 0. The van der Waals surface area contributed by atoms with Crippen molar-refractivity contribution in [1.29, 1.82) is 0 Å². The second-order valence-electron chi connectivity index (χ2n) is 4.01. The van der Waals surface area contributed by atoms with Crippen molar-refractivity contribution in [3.05, 3.63) is 59.7 Å². The standard InChI is InChI=1S/C15H16O/c16-15(14-11-7-4-8-12-14)13-9-5-2-1-3-6-10-13/h1-2,4,7-8,10-12H,3,5-6,9H2/b2-1-,13-10+. The Kier molecular flexibility index (Phi) is 3.71. The van der Waals surface area contributed by atoms with Gasteiger partial charge in [0.15, 0.2) is 5.78 Å². The molecule has 0 radical (unpaired) electrons. The van der Waals surface area contributed by atoms with Crippen molar-refractivity contribution in [2.24, 2.45) is 0 Å². The van der Waals surface area contributed by atoms with Crippen LogP contribution in [0.25, 0.3) is 0 Å². The van der Waals surface area contributed by atoms with Crippen LogP contribution in [0.5, 0.6) is 0 Å². The molecule has 0 N–H and O–H groups in total. The Balaban J connectivity index is 2.15. The van der Waals surface area contributed by atoms with Crippen LogP contribution in [-0.2, 0) is 0 Å². The molecule has 0 saturated carbocycles. The summed E-state index contributed by atoms with van der Waals surface area (Å²) in [5.41, 5.74) is 1.77. The predicted molar refractivity (Wildman–Crippen MR) is 66.5 cm³/mol. The molecule has 82 valence electrons. The number of allylic oxidation sites excluding steroid dienone is 4. The lowest BCUT2D eigenvalue weighted by Crippen LogP contribution is -2.04. The lowest BCUT2D eigenvalue weighted by Gasteiger charge is -2.07. The third kappa shape index (κ3) is 2.69. The molecule has 0 aromatic heterocycles. The van der Waals surface area contributed by atoms with Gasteiger partial charge in [0.05, 0.1) is 0 Å². The molecule has 0 heterocycles. The molecule has 1 heteroatoms. The van der Waals surface area contributed by atoms with Gasteiger partial charge in [-0.05, 0) is 31.3 Å². The molecule has 0 atom stereocenters. The summed E-state index contributed by atoms with van der Waals surface area (Å²) in [6, 6.07) is 9.54. The number of hydrogen-bond acceptors (Lipinski definition) is 1. The van der Waals surface area contributed by atoms with Gasteiger partial charge in [0, 0.05) is 5.56 Å². The Morgan fingerprint density at radius 1 is 0.938 bits per heavy atom. The van der Waals surface area contributed by atoms with Crippen LogP contribution >= 0.6 is 0 Å². The second kappa shape index (κ2) is 5.45. The van der Waals surface area contributed by atoms with Gasteiger partial charge in [-0.2, -0.15) is 0 Å². The van der Waals surface area contributed by atoms with Gasteiger partial charge in [-0.3, -0.25) is 4.79 Å². The summed E-state index contributed by atoms with van der Waals surface area (Å²) >= 11 is 0. The van der Waals surface area contributed by atoms with Crippen molar-refractivity contribution in [3.63, 3.8) is 0 Å². The molecule has 1 aliphatic carbocycles. The lowest BCUT2D eigenvalue weighted by atomic mass is 9.96. The van der Waals surface area contributed by atoms with Crippen molar-refractivity contribution >= 4 is 5.78 Å². The van der Waals surface area contributed by atoms with Gasteiger partial charge in [0.25, 0.3) is 0 Å². The van der Waals surface area contributed by atoms with E-state index in [9.17, 15) is 4.79 Å². The average molecular weight is 212 g/mol. The highest BCUT2D eigenvalue weighted by Crippen LogP contribution is 2.17. The fourth-order valence-electron chi connectivity index (χ4n) is 1.91. The SMILES string of the molecule is O=C(/C1=C/CC/C=C\CC1)c1ccccc1. The van der Waals surface area contributed by atoms with E-state index < -0.39 is 0 Å². The van der Waals surface area contributed by atoms with Gasteiger partial charge in [0.1, 0.15) is 0 Å². The molecular formula is C15H16O. The maximum atomic E-state index is 12.2. The van der Waals surface area contributed by atoms with Gasteiger partial charge < -0.3 is 0 Å². The number of benzene rings is 1. The first-order chi connectivity index (χ1) is 7.88. The van der Waals surface area contributed by atoms with Crippen molar-refractivity contribution < 1.29 is 4.79 Å². The van der Waals surface area contributed by atoms with Gasteiger partial charge >= 0.3 is 0 Å². The van der Waals surface area contributed by atoms with Crippen LogP contribution < -0.4 is 0 Å². The summed E-state index contributed by atoms with van der Waals surface area (Å²) in [7, 11) is 0. The van der Waals surface area contributed by atoms with Crippen molar-refractivity contribution in [3.8, 4) is 0 Å². The van der Waals surface area contributed by atoms with Crippen LogP contribution in [0.1, 0.15) is 36.0 Å². The third-order valence-electron chi connectivity index (χ3n) is 2.80. The molecule has 0 bridgehead atoms. The molecule has 1 aromatic carbocycles. The molecule has 0 amide bonds. The minimum Gasteiger partial charge on any atom is -0.289 e. The minimum absolute atomic E-state index is 0.191. The van der Waals surface area contributed by atoms with Gasteiger partial charge in [-0.1, -0.05) is 48.6 Å². The molecular weight excluding hydrogens is 196 g/mol. The van der Waals surface area contributed by atoms with Gasteiger partial charge in [-0.15, -0.1) is 0 Å². The van der Waals surface area contributed by atoms with Crippen molar-refractivity contribution in [1.82, 2.24) is 0 Å². The number of carbonyl (C=O) groups is 1. The van der Waals surface area contributed by atoms with Crippen LogP contribution in [0.3, 0.4) is 0 Å². The van der Waals surface area contributed by atoms with Crippen LogP contribution in [0.15, 0.2) is 54.1 Å². The zero-order valence-corrected chi connectivity index (χ0v) is 9.36. The predicted octanol–water partition coefficient (Wildman–Crippen LogP) is 3.93. The molecule has 1 nitrogen and oxygen atoms in total. The summed E-state index contributed by atoms with van der Waals surface area (Å²) < 4.78 is 0. The summed E-state index contributed by atoms with van der Waals surface area (Å²) in [4.78, 5) is 12.2. The van der Waals surface area contributed by atoms with Crippen molar-refractivity contribution in [2.75, 3.05) is 0 Å². The topological polar surface area (TPSA) is 17.1 Å². The Hall–Kier alpha value is -1.63. The summed E-state index contributed by atoms with van der Waals surface area (Å²) in [6.07, 6.45) is 10.3. The lowest BCUT2D eigenvalue weighted by molar-refractivity contribution is 0.103. The highest BCUT2D eigenvalue weighted by Gasteiger charge is 2.11. The monoisotopic (exact) mass is 212 g/mol. The van der Waals surface area contributed by atoms with Gasteiger partial charge in [0.2, 0.25) is 0 Å². The molecule has 0 aliphatic heterocycles. The molecule has 0 unspecified atom stereocenters. The number of hydrogen-bond donors (Lipinski definition) is 0. The smallest absolute Gasteiger partial charge is 0.188 e. The first-order valence-corrected chi connectivity index (χ1v) is 5.82. The van der Waals surface area contributed by atoms with E-state index in [0.29, 0.717) is 0 Å². The van der Waals surface area contributed by atoms with Crippen molar-refractivity contribution in [2.45, 2.75) is 25.7 Å². The van der Waals surface area contributed by atoms with E-state index >= 15 is 0 Å². The quantitative estimate of drug-likeness (QED) is 0.536. The Morgan fingerprint density at radius 3 is 2.50 bits per heavy atom. The summed E-state index contributed by atoms with van der Waals surface area (Å²) in [5.74, 6) is 0.191. The van der Waals surface area contributed by atoms with E-state index in [2.05, 4.69) is 18.2 Å². The van der Waals surface area contributed by atoms with Crippen LogP contribution in [0, 0.1) is 0 Å². The number of ketones is 1. The largest absolute Gasteiger partial charge is 0.289 e.